The quantitative estimate of drug-likeness (QED) is 0.469. The van der Waals surface area contributed by atoms with Crippen LogP contribution >= 0.6 is 0 Å². The maximum Gasteiger partial charge on any atom is 0.330 e. The minimum atomic E-state index is -0.707. The highest BCUT2D eigenvalue weighted by molar-refractivity contribution is 5.82. The molecule has 4 heteroatoms. The van der Waals surface area contributed by atoms with Gasteiger partial charge in [0.2, 0.25) is 0 Å². The van der Waals surface area contributed by atoms with E-state index in [1.54, 1.807) is 6.08 Å². The number of ether oxygens (including phenoxy) is 1. The largest absolute Gasteiger partial charge is 0.459 e. The van der Waals surface area contributed by atoms with Gasteiger partial charge in [0.25, 0.3) is 0 Å². The summed E-state index contributed by atoms with van der Waals surface area (Å²) >= 11 is 0. The monoisotopic (exact) mass is 296 g/mol. The average molecular weight is 296 g/mol. The lowest BCUT2D eigenvalue weighted by molar-refractivity contribution is -0.145. The molecular weight excluding hydrogens is 268 g/mol. The summed E-state index contributed by atoms with van der Waals surface area (Å²) in [6, 6.07) is 0. The van der Waals surface area contributed by atoms with Crippen LogP contribution in [0, 0.1) is 0 Å². The fourth-order valence-corrected chi connectivity index (χ4v) is 2.57. The molecule has 0 spiro atoms. The van der Waals surface area contributed by atoms with Gasteiger partial charge >= 0.3 is 5.97 Å². The molecule has 0 aromatic heterocycles. The highest BCUT2D eigenvalue weighted by Crippen LogP contribution is 2.16. The standard InChI is InChI=1S/C17H28O4/c1-2-3-4-5-6-7-9-14(18)12-15(19)13-16-10-8-11-17(20)21-16/h8,11,15-16,19H,2-7,9-10,12-13H2,1H3/t15-,16+/m0/s1. The van der Waals surface area contributed by atoms with Gasteiger partial charge in [-0.1, -0.05) is 45.1 Å². The number of ketones is 1. The first kappa shape index (κ1) is 17.9. The highest BCUT2D eigenvalue weighted by Gasteiger charge is 2.21. The highest BCUT2D eigenvalue weighted by atomic mass is 16.5. The van der Waals surface area contributed by atoms with E-state index in [1.165, 1.54) is 31.8 Å². The van der Waals surface area contributed by atoms with Gasteiger partial charge in [-0.3, -0.25) is 4.79 Å². The molecule has 1 aliphatic rings. The van der Waals surface area contributed by atoms with Crippen LogP contribution in [0.1, 0.15) is 71.1 Å². The van der Waals surface area contributed by atoms with E-state index in [-0.39, 0.29) is 24.3 Å². The molecule has 0 saturated carbocycles. The molecule has 0 aromatic carbocycles. The Labute approximate surface area is 127 Å². The Kier molecular flexibility index (Phi) is 8.99. The molecule has 120 valence electrons. The number of esters is 1. The van der Waals surface area contributed by atoms with Crippen LogP contribution in [0.2, 0.25) is 0 Å². The molecule has 0 unspecified atom stereocenters. The Balaban J connectivity index is 2.07. The number of unbranched alkanes of at least 4 members (excludes halogenated alkanes) is 5. The molecule has 0 aromatic rings. The van der Waals surface area contributed by atoms with Crippen molar-refractivity contribution >= 4 is 11.8 Å². The Bertz CT molecular complexity index is 349. The maximum atomic E-state index is 11.8. The van der Waals surface area contributed by atoms with E-state index in [0.29, 0.717) is 19.3 Å². The van der Waals surface area contributed by atoms with Crippen molar-refractivity contribution in [3.63, 3.8) is 0 Å². The first-order chi connectivity index (χ1) is 10.1. The Morgan fingerprint density at radius 2 is 2.05 bits per heavy atom. The number of cyclic esters (lactones) is 1. The molecule has 1 heterocycles. The van der Waals surface area contributed by atoms with E-state index in [1.807, 2.05) is 0 Å². The predicted molar refractivity (Wildman–Crippen MR) is 81.9 cm³/mol. The normalized spacial score (nSPS) is 19.3. The summed E-state index contributed by atoms with van der Waals surface area (Å²) in [6.45, 7) is 2.18. The topological polar surface area (TPSA) is 63.6 Å². The van der Waals surface area contributed by atoms with Gasteiger partial charge in [-0.15, -0.1) is 0 Å². The average Bonchev–Trinajstić information content (AvgIpc) is 2.42. The molecule has 0 amide bonds. The second-order valence-electron chi connectivity index (χ2n) is 5.85. The first-order valence-corrected chi connectivity index (χ1v) is 8.18. The smallest absolute Gasteiger partial charge is 0.330 e. The van der Waals surface area contributed by atoms with Crippen molar-refractivity contribution in [1.29, 1.82) is 0 Å². The van der Waals surface area contributed by atoms with Crippen LogP contribution in [0.15, 0.2) is 12.2 Å². The fourth-order valence-electron chi connectivity index (χ4n) is 2.57. The molecule has 1 aliphatic heterocycles. The van der Waals surface area contributed by atoms with Crippen LogP contribution in [0.3, 0.4) is 0 Å². The third-order valence-electron chi connectivity index (χ3n) is 3.74. The minimum absolute atomic E-state index is 0.107. The van der Waals surface area contributed by atoms with E-state index in [9.17, 15) is 14.7 Å². The third-order valence-corrected chi connectivity index (χ3v) is 3.74. The zero-order chi connectivity index (χ0) is 15.5. The molecule has 1 N–H and O–H groups in total. The number of aliphatic hydroxyl groups excluding tert-OH is 1. The number of Topliss-reactive ketones (excluding diaryl/α,β-unsaturated/α-hetero) is 1. The van der Waals surface area contributed by atoms with Crippen molar-refractivity contribution in [2.45, 2.75) is 83.3 Å². The SMILES string of the molecule is CCCCCCCCC(=O)C[C@H](O)C[C@H]1CC=CC(=O)O1. The molecule has 4 nitrogen and oxygen atoms in total. The van der Waals surface area contributed by atoms with Crippen LogP contribution in [-0.2, 0) is 14.3 Å². The number of aliphatic hydroxyl groups is 1. The number of hydrogen-bond acceptors (Lipinski definition) is 4. The van der Waals surface area contributed by atoms with Gasteiger partial charge in [-0.25, -0.2) is 4.79 Å². The van der Waals surface area contributed by atoms with Crippen LogP contribution in [0.4, 0.5) is 0 Å². The van der Waals surface area contributed by atoms with Crippen LogP contribution in [-0.4, -0.2) is 29.1 Å². The van der Waals surface area contributed by atoms with Gasteiger partial charge in [0.1, 0.15) is 11.9 Å². The molecule has 21 heavy (non-hydrogen) atoms. The van der Waals surface area contributed by atoms with Crippen molar-refractivity contribution in [2.75, 3.05) is 0 Å². The summed E-state index contributed by atoms with van der Waals surface area (Å²) in [5.74, 6) is -0.257. The molecule has 0 radical (unpaired) electrons. The van der Waals surface area contributed by atoms with E-state index >= 15 is 0 Å². The number of rotatable bonds is 11. The molecule has 1 rings (SSSR count). The zero-order valence-electron chi connectivity index (χ0n) is 13.1. The Morgan fingerprint density at radius 1 is 1.33 bits per heavy atom. The fraction of sp³-hybridized carbons (Fsp3) is 0.765. The summed E-state index contributed by atoms with van der Waals surface area (Å²) < 4.78 is 5.08. The van der Waals surface area contributed by atoms with Crippen molar-refractivity contribution in [3.8, 4) is 0 Å². The summed E-state index contributed by atoms with van der Waals surface area (Å²) in [5.41, 5.74) is 0. The first-order valence-electron chi connectivity index (χ1n) is 8.18. The minimum Gasteiger partial charge on any atom is -0.459 e. The van der Waals surface area contributed by atoms with Gasteiger partial charge in [-0.05, 0) is 6.42 Å². The number of hydrogen-bond donors (Lipinski definition) is 1. The van der Waals surface area contributed by atoms with Crippen molar-refractivity contribution in [2.24, 2.45) is 0 Å². The number of carbonyl (C=O) groups excluding carboxylic acids is 2. The Hall–Kier alpha value is -1.16. The van der Waals surface area contributed by atoms with E-state index < -0.39 is 6.10 Å². The predicted octanol–water partition coefficient (Wildman–Crippen LogP) is 3.32. The van der Waals surface area contributed by atoms with Crippen molar-refractivity contribution in [3.05, 3.63) is 12.2 Å². The Morgan fingerprint density at radius 3 is 2.76 bits per heavy atom. The molecule has 0 aliphatic carbocycles. The summed E-state index contributed by atoms with van der Waals surface area (Å²) in [5, 5.41) is 9.89. The van der Waals surface area contributed by atoms with Gasteiger partial charge < -0.3 is 9.84 Å². The van der Waals surface area contributed by atoms with Crippen LogP contribution < -0.4 is 0 Å². The maximum absolute atomic E-state index is 11.8. The summed E-state index contributed by atoms with van der Waals surface area (Å²) in [4.78, 5) is 22.8. The summed E-state index contributed by atoms with van der Waals surface area (Å²) in [6.07, 6.45) is 10.8. The lowest BCUT2D eigenvalue weighted by atomic mass is 10.00. The van der Waals surface area contributed by atoms with Crippen molar-refractivity contribution < 1.29 is 19.4 Å². The van der Waals surface area contributed by atoms with Gasteiger partial charge in [0, 0.05) is 31.8 Å². The van der Waals surface area contributed by atoms with E-state index in [2.05, 4.69) is 6.92 Å². The second kappa shape index (κ2) is 10.6. The van der Waals surface area contributed by atoms with E-state index in [0.717, 1.165) is 12.8 Å². The van der Waals surface area contributed by atoms with Crippen molar-refractivity contribution in [1.82, 2.24) is 0 Å². The second-order valence-corrected chi connectivity index (χ2v) is 5.85. The lowest BCUT2D eigenvalue weighted by Crippen LogP contribution is -2.26. The molecule has 0 bridgehead atoms. The molecule has 2 atom stereocenters. The number of carbonyl (C=O) groups is 2. The van der Waals surface area contributed by atoms with Crippen LogP contribution in [0.25, 0.3) is 0 Å². The molecule has 0 fully saturated rings. The third kappa shape index (κ3) is 8.66. The van der Waals surface area contributed by atoms with E-state index in [4.69, 9.17) is 4.74 Å². The zero-order valence-corrected chi connectivity index (χ0v) is 13.1. The van der Waals surface area contributed by atoms with Gasteiger partial charge in [0.05, 0.1) is 6.10 Å². The lowest BCUT2D eigenvalue weighted by Gasteiger charge is -2.21. The summed E-state index contributed by atoms with van der Waals surface area (Å²) in [7, 11) is 0. The van der Waals surface area contributed by atoms with Gasteiger partial charge in [-0.2, -0.15) is 0 Å². The molecular formula is C17H28O4. The van der Waals surface area contributed by atoms with Gasteiger partial charge in [0.15, 0.2) is 0 Å². The molecule has 0 saturated heterocycles. The van der Waals surface area contributed by atoms with Crippen LogP contribution in [0.5, 0.6) is 0 Å².